The molecule has 0 saturated heterocycles. The average molecular weight is 207 g/mol. The van der Waals surface area contributed by atoms with Crippen molar-refractivity contribution in [3.05, 3.63) is 35.6 Å². The van der Waals surface area contributed by atoms with E-state index in [9.17, 15) is 9.18 Å². The van der Waals surface area contributed by atoms with E-state index in [4.69, 9.17) is 0 Å². The molecule has 1 aliphatic carbocycles. The number of carbonyl (C=O) groups excluding carboxylic acids is 1. The zero-order chi connectivity index (χ0) is 11.1. The molecule has 1 amide bonds. The van der Waals surface area contributed by atoms with Gasteiger partial charge in [-0.3, -0.25) is 4.79 Å². The highest BCUT2D eigenvalue weighted by Crippen LogP contribution is 2.49. The Morgan fingerprint density at radius 3 is 2.20 bits per heavy atom. The van der Waals surface area contributed by atoms with Crippen molar-refractivity contribution in [2.45, 2.75) is 18.3 Å². The molecule has 0 bridgehead atoms. The van der Waals surface area contributed by atoms with Gasteiger partial charge in [-0.2, -0.15) is 0 Å². The van der Waals surface area contributed by atoms with Crippen molar-refractivity contribution in [3.63, 3.8) is 0 Å². The van der Waals surface area contributed by atoms with Crippen molar-refractivity contribution in [1.29, 1.82) is 0 Å². The van der Waals surface area contributed by atoms with Gasteiger partial charge in [0.05, 0.1) is 5.41 Å². The SMILES string of the molecule is CN(C)C(=O)C1(c2ccc(F)cc2)CC1. The molecule has 3 heteroatoms. The molecular formula is C12H14FNO. The molecule has 0 aliphatic heterocycles. The zero-order valence-corrected chi connectivity index (χ0v) is 8.96. The van der Waals surface area contributed by atoms with Crippen LogP contribution in [0.4, 0.5) is 4.39 Å². The van der Waals surface area contributed by atoms with Crippen molar-refractivity contribution in [1.82, 2.24) is 4.90 Å². The lowest BCUT2D eigenvalue weighted by molar-refractivity contribution is -0.131. The third kappa shape index (κ3) is 1.62. The number of carbonyl (C=O) groups is 1. The number of hydrogen-bond donors (Lipinski definition) is 0. The summed E-state index contributed by atoms with van der Waals surface area (Å²) in [5.41, 5.74) is 0.569. The van der Waals surface area contributed by atoms with Crippen molar-refractivity contribution in [2.24, 2.45) is 0 Å². The lowest BCUT2D eigenvalue weighted by Crippen LogP contribution is -2.33. The molecule has 0 unspecified atom stereocenters. The second-order valence-corrected chi connectivity index (χ2v) is 4.29. The molecule has 80 valence electrons. The molecule has 0 spiro atoms. The number of amides is 1. The Hall–Kier alpha value is -1.38. The summed E-state index contributed by atoms with van der Waals surface area (Å²) in [5.74, 6) is -0.138. The first-order valence-electron chi connectivity index (χ1n) is 5.04. The first-order chi connectivity index (χ1) is 7.06. The van der Waals surface area contributed by atoms with Gasteiger partial charge in [-0.05, 0) is 30.5 Å². The Kier molecular flexibility index (Phi) is 2.25. The van der Waals surface area contributed by atoms with E-state index >= 15 is 0 Å². The molecule has 0 aromatic heterocycles. The van der Waals surface area contributed by atoms with E-state index in [1.165, 1.54) is 12.1 Å². The third-order valence-electron chi connectivity index (χ3n) is 2.96. The van der Waals surface area contributed by atoms with Gasteiger partial charge in [-0.1, -0.05) is 12.1 Å². The van der Waals surface area contributed by atoms with Crippen LogP contribution < -0.4 is 0 Å². The highest BCUT2D eigenvalue weighted by atomic mass is 19.1. The maximum Gasteiger partial charge on any atom is 0.232 e. The Balaban J connectivity index is 2.30. The first-order valence-corrected chi connectivity index (χ1v) is 5.04. The van der Waals surface area contributed by atoms with Crippen LogP contribution in [0.25, 0.3) is 0 Å². The van der Waals surface area contributed by atoms with Gasteiger partial charge in [0.1, 0.15) is 5.82 Å². The first kappa shape index (κ1) is 10.1. The fourth-order valence-corrected chi connectivity index (χ4v) is 1.95. The van der Waals surface area contributed by atoms with Crippen LogP contribution in [0, 0.1) is 5.82 Å². The van der Waals surface area contributed by atoms with Gasteiger partial charge in [0.25, 0.3) is 0 Å². The lowest BCUT2D eigenvalue weighted by Gasteiger charge is -2.19. The fraction of sp³-hybridized carbons (Fsp3) is 0.417. The minimum atomic E-state index is -0.364. The Labute approximate surface area is 88.7 Å². The van der Waals surface area contributed by atoms with E-state index < -0.39 is 0 Å². The smallest absolute Gasteiger partial charge is 0.232 e. The normalized spacial score (nSPS) is 17.3. The molecular weight excluding hydrogens is 193 g/mol. The standard InChI is InChI=1S/C12H14FNO/c1-14(2)11(15)12(7-8-12)9-3-5-10(13)6-4-9/h3-6H,7-8H2,1-2H3. The number of halogens is 1. The summed E-state index contributed by atoms with van der Waals surface area (Å²) in [4.78, 5) is 13.6. The number of likely N-dealkylation sites (N-methyl/N-ethyl adjacent to an activating group) is 1. The summed E-state index contributed by atoms with van der Waals surface area (Å²) in [7, 11) is 3.51. The van der Waals surface area contributed by atoms with E-state index in [2.05, 4.69) is 0 Å². The van der Waals surface area contributed by atoms with Gasteiger partial charge in [0, 0.05) is 14.1 Å². The minimum Gasteiger partial charge on any atom is -0.348 e. The summed E-state index contributed by atoms with van der Waals surface area (Å²) in [6.45, 7) is 0. The molecule has 1 aromatic rings. The molecule has 1 saturated carbocycles. The van der Waals surface area contributed by atoms with E-state index in [1.807, 2.05) is 0 Å². The van der Waals surface area contributed by atoms with Gasteiger partial charge in [-0.15, -0.1) is 0 Å². The summed E-state index contributed by atoms with van der Waals surface area (Å²) < 4.78 is 12.8. The molecule has 0 heterocycles. The van der Waals surface area contributed by atoms with Crippen LogP contribution in [-0.4, -0.2) is 24.9 Å². The van der Waals surface area contributed by atoms with Crippen LogP contribution in [0.2, 0.25) is 0 Å². The van der Waals surface area contributed by atoms with Crippen molar-refractivity contribution < 1.29 is 9.18 Å². The zero-order valence-electron chi connectivity index (χ0n) is 8.96. The van der Waals surface area contributed by atoms with Crippen LogP contribution in [0.15, 0.2) is 24.3 Å². The van der Waals surface area contributed by atoms with Crippen LogP contribution >= 0.6 is 0 Å². The molecule has 2 nitrogen and oxygen atoms in total. The van der Waals surface area contributed by atoms with Crippen molar-refractivity contribution >= 4 is 5.91 Å². The van der Waals surface area contributed by atoms with E-state index in [0.29, 0.717) is 0 Å². The van der Waals surface area contributed by atoms with Gasteiger partial charge in [0.15, 0.2) is 0 Å². The van der Waals surface area contributed by atoms with Gasteiger partial charge < -0.3 is 4.90 Å². The number of nitrogens with zero attached hydrogens (tertiary/aromatic N) is 1. The molecule has 0 atom stereocenters. The van der Waals surface area contributed by atoms with Crippen LogP contribution in [0.5, 0.6) is 0 Å². The molecule has 2 rings (SSSR count). The molecule has 1 fully saturated rings. The lowest BCUT2D eigenvalue weighted by atomic mass is 9.94. The highest BCUT2D eigenvalue weighted by Gasteiger charge is 2.51. The van der Waals surface area contributed by atoms with E-state index in [0.717, 1.165) is 18.4 Å². The molecule has 0 N–H and O–H groups in total. The predicted octanol–water partition coefficient (Wildman–Crippen LogP) is 1.95. The second kappa shape index (κ2) is 3.33. The summed E-state index contributed by atoms with van der Waals surface area (Å²) in [6, 6.07) is 6.25. The largest absolute Gasteiger partial charge is 0.348 e. The summed E-state index contributed by atoms with van der Waals surface area (Å²) in [6.07, 6.45) is 1.74. The van der Waals surface area contributed by atoms with Gasteiger partial charge in [0.2, 0.25) is 5.91 Å². The number of hydrogen-bond acceptors (Lipinski definition) is 1. The molecule has 1 aromatic carbocycles. The third-order valence-corrected chi connectivity index (χ3v) is 2.96. The topological polar surface area (TPSA) is 20.3 Å². The number of rotatable bonds is 2. The maximum absolute atomic E-state index is 12.8. The minimum absolute atomic E-state index is 0.120. The highest BCUT2D eigenvalue weighted by molar-refractivity contribution is 5.90. The number of benzene rings is 1. The predicted molar refractivity (Wildman–Crippen MR) is 56.0 cm³/mol. The van der Waals surface area contributed by atoms with E-state index in [-0.39, 0.29) is 17.1 Å². The Bertz CT molecular complexity index is 379. The Morgan fingerprint density at radius 2 is 1.80 bits per heavy atom. The fourth-order valence-electron chi connectivity index (χ4n) is 1.95. The monoisotopic (exact) mass is 207 g/mol. The Morgan fingerprint density at radius 1 is 1.27 bits per heavy atom. The average Bonchev–Trinajstić information content (AvgIpc) is 2.99. The summed E-state index contributed by atoms with van der Waals surface area (Å²) >= 11 is 0. The van der Waals surface area contributed by atoms with Crippen LogP contribution in [0.3, 0.4) is 0 Å². The van der Waals surface area contributed by atoms with Crippen molar-refractivity contribution in [3.8, 4) is 0 Å². The van der Waals surface area contributed by atoms with Crippen LogP contribution in [-0.2, 0) is 10.2 Å². The van der Waals surface area contributed by atoms with Gasteiger partial charge >= 0.3 is 0 Å². The van der Waals surface area contributed by atoms with Crippen molar-refractivity contribution in [2.75, 3.05) is 14.1 Å². The summed E-state index contributed by atoms with van der Waals surface area (Å²) in [5, 5.41) is 0. The second-order valence-electron chi connectivity index (χ2n) is 4.29. The molecule has 0 radical (unpaired) electrons. The van der Waals surface area contributed by atoms with Crippen LogP contribution in [0.1, 0.15) is 18.4 Å². The quantitative estimate of drug-likeness (QED) is 0.725. The molecule has 15 heavy (non-hydrogen) atoms. The maximum atomic E-state index is 12.8. The van der Waals surface area contributed by atoms with Gasteiger partial charge in [-0.25, -0.2) is 4.39 Å². The van der Waals surface area contributed by atoms with E-state index in [1.54, 1.807) is 31.1 Å². The molecule has 1 aliphatic rings.